The third-order valence-corrected chi connectivity index (χ3v) is 14.7. The Balaban J connectivity index is 1.21. The maximum atomic E-state index is 13.9. The van der Waals surface area contributed by atoms with E-state index in [9.17, 15) is 19.2 Å². The number of carbonyl (C=O) groups excluding carboxylic acids is 4. The van der Waals surface area contributed by atoms with Crippen molar-refractivity contribution < 1.29 is 42.9 Å². The average Bonchev–Trinajstić information content (AvgIpc) is 3.64. The van der Waals surface area contributed by atoms with E-state index in [1.807, 2.05) is 100 Å². The molecule has 3 aliphatic rings. The molecule has 1 saturated heterocycles. The second kappa shape index (κ2) is 17.6. The van der Waals surface area contributed by atoms with Crippen molar-refractivity contribution in [3.8, 4) is 0 Å². The van der Waals surface area contributed by atoms with Gasteiger partial charge in [0.2, 0.25) is 0 Å². The first-order valence-corrected chi connectivity index (χ1v) is 21.8. The minimum atomic E-state index is -0.953. The highest BCUT2D eigenvalue weighted by Crippen LogP contribution is 2.68. The lowest BCUT2D eigenvalue weighted by Crippen LogP contribution is -2.67. The van der Waals surface area contributed by atoms with E-state index in [4.69, 9.17) is 23.7 Å². The first-order valence-electron chi connectivity index (χ1n) is 21.8. The molecule has 3 fully saturated rings. The number of benzene rings is 4. The molecular weight excluding hydrogens is 769 g/mol. The number of ether oxygens (including phenoxy) is 5. The molecule has 1 aliphatic heterocycles. The zero-order chi connectivity index (χ0) is 43.6. The van der Waals surface area contributed by atoms with Crippen LogP contribution in [0.3, 0.4) is 0 Å². The highest BCUT2D eigenvalue weighted by atomic mass is 16.6. The largest absolute Gasteiger partial charge is 0.462 e. The predicted octanol–water partition coefficient (Wildman–Crippen LogP) is 10.5. The van der Waals surface area contributed by atoms with E-state index >= 15 is 0 Å². The molecule has 7 atom stereocenters. The maximum absolute atomic E-state index is 13.9. The van der Waals surface area contributed by atoms with Crippen molar-refractivity contribution in [2.45, 2.75) is 111 Å². The van der Waals surface area contributed by atoms with E-state index in [-0.39, 0.29) is 31.7 Å². The molecule has 2 unspecified atom stereocenters. The normalized spacial score (nSPS) is 28.1. The minimum absolute atomic E-state index is 0.0146. The molecule has 322 valence electrons. The van der Waals surface area contributed by atoms with Gasteiger partial charge in [-0.2, -0.15) is 0 Å². The second-order valence-corrected chi connectivity index (χ2v) is 18.4. The summed E-state index contributed by atoms with van der Waals surface area (Å²) in [5.41, 5.74) is 2.40. The van der Waals surface area contributed by atoms with E-state index in [0.717, 1.165) is 35.1 Å². The molecule has 9 nitrogen and oxygen atoms in total. The van der Waals surface area contributed by atoms with Gasteiger partial charge in [0, 0.05) is 17.3 Å². The molecule has 0 N–H and O–H groups in total. The van der Waals surface area contributed by atoms with E-state index in [1.165, 1.54) is 0 Å². The van der Waals surface area contributed by atoms with Crippen LogP contribution < -0.4 is 0 Å². The lowest BCUT2D eigenvalue weighted by atomic mass is 9.43. The van der Waals surface area contributed by atoms with Crippen molar-refractivity contribution in [2.24, 2.45) is 22.7 Å². The molecule has 9 heteroatoms. The summed E-state index contributed by atoms with van der Waals surface area (Å²) in [5, 5.41) is 0. The summed E-state index contributed by atoms with van der Waals surface area (Å²) in [4.78, 5) is 54.6. The van der Waals surface area contributed by atoms with Gasteiger partial charge in [-0.3, -0.25) is 0 Å². The van der Waals surface area contributed by atoms with Gasteiger partial charge in [0.25, 0.3) is 0 Å². The summed E-state index contributed by atoms with van der Waals surface area (Å²) in [5.74, 6) is -1.63. The SMILES string of the molecule is Cc1ccccc1C(=O)OCCC1(COC(=O)c2ccccc2C)CC[C@@]2(O1)[C@H](C)CCC1[C@](C)(COC(=O)c3ccccc3C)[C@@H](OC(=O)c3ccccc3C)CC[C@@]12C. The third-order valence-electron chi connectivity index (χ3n) is 14.7. The van der Waals surface area contributed by atoms with Gasteiger partial charge in [0.1, 0.15) is 24.9 Å². The fraction of sp³-hybridized carbons (Fsp3) is 0.462. The molecule has 0 aromatic heterocycles. The summed E-state index contributed by atoms with van der Waals surface area (Å²) >= 11 is 0. The first-order chi connectivity index (χ1) is 29.1. The standard InChI is InChI=1S/C52H60O9/c1-34-16-8-12-20-39(34)45(53)57-31-30-51(33-59-47(55)41-22-14-10-18-36(41)3)28-29-52(61-51)38(5)24-25-43-49(6,32-58-46(54)40-21-13-9-17-35(40)2)44(26-27-50(43,52)7)60-48(56)42-23-15-11-19-37(42)4/h8-23,38,43-44H,24-33H2,1-7H3/t38-,43?,44+,49+,50+,51?,52-/m1/s1. The Morgan fingerprint density at radius 3 is 1.54 bits per heavy atom. The topological polar surface area (TPSA) is 114 Å². The van der Waals surface area contributed by atoms with Gasteiger partial charge in [0.15, 0.2) is 0 Å². The van der Waals surface area contributed by atoms with Gasteiger partial charge in [-0.15, -0.1) is 0 Å². The van der Waals surface area contributed by atoms with Crippen LogP contribution in [0.25, 0.3) is 0 Å². The molecule has 4 aromatic rings. The number of hydrogen-bond donors (Lipinski definition) is 0. The van der Waals surface area contributed by atoms with Crippen molar-refractivity contribution >= 4 is 23.9 Å². The van der Waals surface area contributed by atoms with Gasteiger partial charge in [-0.25, -0.2) is 19.2 Å². The van der Waals surface area contributed by atoms with E-state index in [2.05, 4.69) is 20.8 Å². The number of rotatable bonds is 12. The lowest BCUT2D eigenvalue weighted by Gasteiger charge is -2.65. The van der Waals surface area contributed by atoms with Crippen molar-refractivity contribution in [1.82, 2.24) is 0 Å². The van der Waals surface area contributed by atoms with Crippen LogP contribution >= 0.6 is 0 Å². The van der Waals surface area contributed by atoms with Crippen LogP contribution in [-0.2, 0) is 23.7 Å². The summed E-state index contributed by atoms with van der Waals surface area (Å²) in [6, 6.07) is 29.5. The Hall–Kier alpha value is -5.28. The van der Waals surface area contributed by atoms with Crippen LogP contribution in [-0.4, -0.2) is 61.0 Å². The Kier molecular flexibility index (Phi) is 12.6. The molecule has 61 heavy (non-hydrogen) atoms. The zero-order valence-corrected chi connectivity index (χ0v) is 36.7. The Bertz CT molecular complexity index is 2280. The highest BCUT2D eigenvalue weighted by Gasteiger charge is 2.70. The minimum Gasteiger partial charge on any atom is -0.462 e. The molecule has 0 radical (unpaired) electrons. The Morgan fingerprint density at radius 2 is 1.03 bits per heavy atom. The van der Waals surface area contributed by atoms with Crippen LogP contribution in [0.1, 0.15) is 129 Å². The number of hydrogen-bond acceptors (Lipinski definition) is 9. The Morgan fingerprint density at radius 1 is 0.574 bits per heavy atom. The summed E-state index contributed by atoms with van der Waals surface area (Å²) in [7, 11) is 0. The lowest BCUT2D eigenvalue weighted by molar-refractivity contribution is -0.271. The van der Waals surface area contributed by atoms with Gasteiger partial charge in [0.05, 0.1) is 34.5 Å². The molecule has 2 saturated carbocycles. The molecule has 4 aromatic carbocycles. The smallest absolute Gasteiger partial charge is 0.338 e. The summed E-state index contributed by atoms with van der Waals surface area (Å²) in [6.45, 7) is 14.3. The summed E-state index contributed by atoms with van der Waals surface area (Å²) in [6.07, 6.45) is 3.89. The van der Waals surface area contributed by atoms with Gasteiger partial charge in [-0.1, -0.05) is 93.6 Å². The first kappa shape index (κ1) is 43.8. The number of carbonyl (C=O) groups is 4. The quantitative estimate of drug-likeness (QED) is 0.102. The maximum Gasteiger partial charge on any atom is 0.338 e. The van der Waals surface area contributed by atoms with Gasteiger partial charge < -0.3 is 23.7 Å². The van der Waals surface area contributed by atoms with E-state index in [1.54, 1.807) is 24.3 Å². The number of esters is 4. The fourth-order valence-electron chi connectivity index (χ4n) is 11.0. The molecular formula is C52H60O9. The number of fused-ring (bicyclic) bond motifs is 2. The zero-order valence-electron chi connectivity index (χ0n) is 36.7. The van der Waals surface area contributed by atoms with Crippen LogP contribution in [0, 0.1) is 50.4 Å². The fourth-order valence-corrected chi connectivity index (χ4v) is 11.0. The molecule has 1 heterocycles. The molecule has 1 spiro atoms. The molecule has 0 bridgehead atoms. The van der Waals surface area contributed by atoms with Crippen LogP contribution in [0.2, 0.25) is 0 Å². The van der Waals surface area contributed by atoms with Crippen molar-refractivity contribution in [3.05, 3.63) is 142 Å². The van der Waals surface area contributed by atoms with Crippen molar-refractivity contribution in [2.75, 3.05) is 19.8 Å². The highest BCUT2D eigenvalue weighted by molar-refractivity contribution is 5.92. The van der Waals surface area contributed by atoms with Gasteiger partial charge >= 0.3 is 23.9 Å². The number of aryl methyl sites for hydroxylation is 4. The van der Waals surface area contributed by atoms with Crippen molar-refractivity contribution in [1.29, 1.82) is 0 Å². The monoisotopic (exact) mass is 828 g/mol. The molecule has 0 amide bonds. The van der Waals surface area contributed by atoms with E-state index in [0.29, 0.717) is 54.4 Å². The van der Waals surface area contributed by atoms with Crippen LogP contribution in [0.4, 0.5) is 0 Å². The van der Waals surface area contributed by atoms with Crippen LogP contribution in [0.5, 0.6) is 0 Å². The van der Waals surface area contributed by atoms with Crippen molar-refractivity contribution in [3.63, 3.8) is 0 Å². The predicted molar refractivity (Wildman–Crippen MR) is 233 cm³/mol. The molecule has 7 rings (SSSR count). The Labute approximate surface area is 360 Å². The average molecular weight is 829 g/mol. The van der Waals surface area contributed by atoms with E-state index < -0.39 is 52.0 Å². The van der Waals surface area contributed by atoms with Gasteiger partial charge in [-0.05, 0) is 125 Å². The second-order valence-electron chi connectivity index (χ2n) is 18.4. The van der Waals surface area contributed by atoms with Crippen LogP contribution in [0.15, 0.2) is 97.1 Å². The summed E-state index contributed by atoms with van der Waals surface area (Å²) < 4.78 is 32.4. The third kappa shape index (κ3) is 8.38. The molecule has 2 aliphatic carbocycles.